The maximum absolute atomic E-state index is 13.8. The largest absolute Gasteiger partial charge is 0.353 e. The molecule has 1 saturated heterocycles. The number of carbonyl (C=O) groups is 1. The van der Waals surface area contributed by atoms with Gasteiger partial charge in [-0.1, -0.05) is 41.4 Å². The highest BCUT2D eigenvalue weighted by Crippen LogP contribution is 2.41. The quantitative estimate of drug-likeness (QED) is 0.405. The fraction of sp³-hybridized carbons (Fsp3) is 0.467. The van der Waals surface area contributed by atoms with Gasteiger partial charge in [0.2, 0.25) is 5.91 Å². The number of aromatic nitrogens is 1. The number of aryl methyl sites for hydroxylation is 1. The summed E-state index contributed by atoms with van der Waals surface area (Å²) in [6.45, 7) is 9.72. The zero-order valence-corrected chi connectivity index (χ0v) is 23.6. The number of benzene rings is 1. The van der Waals surface area contributed by atoms with Crippen molar-refractivity contribution in [2.75, 3.05) is 31.1 Å². The van der Waals surface area contributed by atoms with E-state index in [2.05, 4.69) is 82.0 Å². The zero-order chi connectivity index (χ0) is 26.0. The highest BCUT2D eigenvalue weighted by atomic mass is 35.5. The minimum Gasteiger partial charge on any atom is -0.353 e. The summed E-state index contributed by atoms with van der Waals surface area (Å²) in [6, 6.07) is 15.3. The Balaban J connectivity index is 1.25. The maximum atomic E-state index is 13.8. The van der Waals surface area contributed by atoms with Crippen LogP contribution in [0.5, 0.6) is 0 Å². The van der Waals surface area contributed by atoms with Crippen LogP contribution >= 0.6 is 22.9 Å². The monoisotopic (exact) mass is 536 g/mol. The second-order valence-electron chi connectivity index (χ2n) is 11.1. The van der Waals surface area contributed by atoms with Crippen molar-refractivity contribution in [3.63, 3.8) is 0 Å². The van der Waals surface area contributed by atoms with Crippen LogP contribution in [0.25, 0.3) is 0 Å². The minimum absolute atomic E-state index is 0.0374. The van der Waals surface area contributed by atoms with Crippen molar-refractivity contribution in [1.29, 1.82) is 0 Å². The average molecular weight is 537 g/mol. The number of nitrogens with zero attached hydrogens (tertiary/aromatic N) is 3. The number of thiophene rings is 1. The van der Waals surface area contributed by atoms with E-state index in [4.69, 9.17) is 11.6 Å². The molecule has 2 aromatic heterocycles. The van der Waals surface area contributed by atoms with E-state index in [1.165, 1.54) is 16.7 Å². The molecule has 1 aromatic carbocycles. The lowest BCUT2D eigenvalue weighted by atomic mass is 9.72. The van der Waals surface area contributed by atoms with Gasteiger partial charge >= 0.3 is 0 Å². The number of amides is 1. The summed E-state index contributed by atoms with van der Waals surface area (Å²) < 4.78 is 0. The summed E-state index contributed by atoms with van der Waals surface area (Å²) in [5.41, 5.74) is 3.77. The van der Waals surface area contributed by atoms with E-state index in [9.17, 15) is 4.79 Å². The van der Waals surface area contributed by atoms with Crippen LogP contribution in [0.2, 0.25) is 5.02 Å². The van der Waals surface area contributed by atoms with Crippen molar-refractivity contribution in [2.45, 2.75) is 57.5 Å². The third kappa shape index (κ3) is 6.02. The van der Waals surface area contributed by atoms with Crippen LogP contribution in [0, 0.1) is 12.8 Å². The molecule has 7 heteroatoms. The number of piperazine rings is 1. The van der Waals surface area contributed by atoms with Crippen molar-refractivity contribution in [3.05, 3.63) is 81.1 Å². The molecule has 3 aromatic rings. The second kappa shape index (κ2) is 11.1. The Labute approximate surface area is 229 Å². The lowest BCUT2D eigenvalue weighted by molar-refractivity contribution is -0.137. The van der Waals surface area contributed by atoms with Gasteiger partial charge in [-0.25, -0.2) is 4.98 Å². The molecule has 0 spiro atoms. The number of hydrogen-bond donors (Lipinski definition) is 1. The first-order chi connectivity index (χ1) is 17.8. The number of nitrogens with one attached hydrogen (secondary N) is 1. The first-order valence-corrected chi connectivity index (χ1v) is 14.6. The second-order valence-corrected chi connectivity index (χ2v) is 12.3. The van der Waals surface area contributed by atoms with Gasteiger partial charge < -0.3 is 15.1 Å². The Bertz CT molecular complexity index is 1170. The Morgan fingerprint density at radius 1 is 1.05 bits per heavy atom. The number of pyridine rings is 1. The molecule has 2 fully saturated rings. The predicted molar refractivity (Wildman–Crippen MR) is 154 cm³/mol. The van der Waals surface area contributed by atoms with Crippen LogP contribution in [0.15, 0.2) is 59.4 Å². The topological polar surface area (TPSA) is 48.5 Å². The van der Waals surface area contributed by atoms with Crippen LogP contribution in [-0.4, -0.2) is 48.0 Å². The van der Waals surface area contributed by atoms with Crippen LogP contribution in [-0.2, 0) is 10.3 Å². The van der Waals surface area contributed by atoms with Crippen LogP contribution in [0.4, 0.5) is 5.82 Å². The van der Waals surface area contributed by atoms with Gasteiger partial charge in [-0.05, 0) is 86.0 Å². The van der Waals surface area contributed by atoms with Gasteiger partial charge in [0.1, 0.15) is 5.82 Å². The van der Waals surface area contributed by atoms with E-state index in [1.54, 1.807) is 17.5 Å². The highest BCUT2D eigenvalue weighted by molar-refractivity contribution is 7.08. The number of hydrogen-bond acceptors (Lipinski definition) is 5. The Morgan fingerprint density at radius 2 is 1.81 bits per heavy atom. The van der Waals surface area contributed by atoms with Gasteiger partial charge in [0.05, 0.1) is 5.02 Å². The highest BCUT2D eigenvalue weighted by Gasteiger charge is 2.40. The molecular weight excluding hydrogens is 500 g/mol. The summed E-state index contributed by atoms with van der Waals surface area (Å²) in [5.74, 6) is 1.52. The molecule has 196 valence electrons. The first-order valence-electron chi connectivity index (χ1n) is 13.3. The predicted octanol–water partition coefficient (Wildman–Crippen LogP) is 6.23. The van der Waals surface area contributed by atoms with Crippen LogP contribution in [0.1, 0.15) is 55.7 Å². The van der Waals surface area contributed by atoms with Gasteiger partial charge in [0.15, 0.2) is 0 Å². The van der Waals surface area contributed by atoms with Gasteiger partial charge in [0.25, 0.3) is 0 Å². The molecule has 3 atom stereocenters. The zero-order valence-electron chi connectivity index (χ0n) is 22.0. The lowest BCUT2D eigenvalue weighted by Crippen LogP contribution is -2.53. The number of halogens is 1. The number of rotatable bonds is 6. The normalized spacial score (nSPS) is 22.8. The standard InChI is InChI=1S/C30H37ClN4OS/c1-21-4-6-23(7-5-21)30(2,3)33-25-9-10-26(27(18-25)22-12-17-37-20-22)29(36)35-15-13-34(14-16-35)28-11-8-24(31)19-32-28/h4-8,11-12,17,19-20,25-27,33H,9-10,13-16,18H2,1-3H3/t25-,26+,27-/m1/s1. The van der Waals surface area contributed by atoms with E-state index < -0.39 is 0 Å². The molecular formula is C30H37ClN4OS. The first kappa shape index (κ1) is 26.2. The fourth-order valence-electron chi connectivity index (χ4n) is 5.96. The summed E-state index contributed by atoms with van der Waals surface area (Å²) in [5, 5.41) is 8.97. The molecule has 0 bridgehead atoms. The van der Waals surface area contributed by atoms with E-state index in [0.717, 1.165) is 51.3 Å². The van der Waals surface area contributed by atoms with Crippen LogP contribution < -0.4 is 10.2 Å². The average Bonchev–Trinajstić information content (AvgIpc) is 3.44. The molecule has 1 aliphatic carbocycles. The molecule has 3 heterocycles. The molecule has 2 aliphatic rings. The number of carbonyl (C=O) groups excluding carboxylic acids is 1. The molecule has 0 radical (unpaired) electrons. The van der Waals surface area contributed by atoms with Crippen molar-refractivity contribution in [1.82, 2.24) is 15.2 Å². The van der Waals surface area contributed by atoms with E-state index >= 15 is 0 Å². The van der Waals surface area contributed by atoms with E-state index in [0.29, 0.717) is 17.0 Å². The van der Waals surface area contributed by atoms with E-state index in [1.807, 2.05) is 12.1 Å². The van der Waals surface area contributed by atoms with Crippen molar-refractivity contribution >= 4 is 34.7 Å². The van der Waals surface area contributed by atoms with Gasteiger partial charge in [-0.15, -0.1) is 0 Å². The lowest BCUT2D eigenvalue weighted by Gasteiger charge is -2.43. The molecule has 5 rings (SSSR count). The molecule has 1 saturated carbocycles. The van der Waals surface area contributed by atoms with Crippen molar-refractivity contribution in [3.8, 4) is 0 Å². The smallest absolute Gasteiger partial charge is 0.226 e. The SMILES string of the molecule is Cc1ccc(C(C)(C)N[C@@H]2CC[C@H](C(=O)N3CCN(c4ccc(Cl)cn4)CC3)[C@@H](c3ccsc3)C2)cc1. The Kier molecular flexibility index (Phi) is 7.89. The van der Waals surface area contributed by atoms with E-state index in [-0.39, 0.29) is 17.4 Å². The number of anilines is 1. The molecule has 1 amide bonds. The van der Waals surface area contributed by atoms with Crippen LogP contribution in [0.3, 0.4) is 0 Å². The molecule has 37 heavy (non-hydrogen) atoms. The summed E-state index contributed by atoms with van der Waals surface area (Å²) in [4.78, 5) is 22.6. The third-order valence-electron chi connectivity index (χ3n) is 8.10. The molecule has 5 nitrogen and oxygen atoms in total. The minimum atomic E-state index is -0.125. The summed E-state index contributed by atoms with van der Waals surface area (Å²) in [7, 11) is 0. The summed E-state index contributed by atoms with van der Waals surface area (Å²) >= 11 is 7.73. The third-order valence-corrected chi connectivity index (χ3v) is 9.03. The van der Waals surface area contributed by atoms with Gasteiger partial charge in [-0.2, -0.15) is 11.3 Å². The molecule has 1 N–H and O–H groups in total. The fourth-order valence-corrected chi connectivity index (χ4v) is 6.80. The molecule has 1 aliphatic heterocycles. The Hall–Kier alpha value is -2.41. The summed E-state index contributed by atoms with van der Waals surface area (Å²) in [6.07, 6.45) is 4.60. The van der Waals surface area contributed by atoms with Crippen molar-refractivity contribution in [2.24, 2.45) is 5.92 Å². The van der Waals surface area contributed by atoms with Crippen molar-refractivity contribution < 1.29 is 4.79 Å². The maximum Gasteiger partial charge on any atom is 0.226 e. The Morgan fingerprint density at radius 3 is 2.46 bits per heavy atom. The van der Waals surface area contributed by atoms with Gasteiger partial charge in [-0.3, -0.25) is 4.79 Å². The molecule has 0 unspecified atom stereocenters. The van der Waals surface area contributed by atoms with Gasteiger partial charge in [0, 0.05) is 49.9 Å².